The lowest BCUT2D eigenvalue weighted by Gasteiger charge is -2.10. The van der Waals surface area contributed by atoms with Crippen LogP contribution in [0.3, 0.4) is 0 Å². The van der Waals surface area contributed by atoms with Crippen LogP contribution < -0.4 is 0 Å². The lowest BCUT2D eigenvalue weighted by Crippen LogP contribution is -2.08. The first-order valence-corrected chi connectivity index (χ1v) is 9.71. The van der Waals surface area contributed by atoms with E-state index in [1.165, 1.54) is 30.0 Å². The van der Waals surface area contributed by atoms with Crippen molar-refractivity contribution in [3.05, 3.63) is 107 Å². The van der Waals surface area contributed by atoms with Crippen molar-refractivity contribution >= 4 is 23.2 Å². The summed E-state index contributed by atoms with van der Waals surface area (Å²) in [6.45, 7) is 1.91. The summed E-state index contributed by atoms with van der Waals surface area (Å²) < 4.78 is 66.1. The maximum Gasteiger partial charge on any atom is 0.416 e. The van der Waals surface area contributed by atoms with Crippen LogP contribution in [0.15, 0.2) is 88.1 Å². The summed E-state index contributed by atoms with van der Waals surface area (Å²) >= 11 is 1.25. The van der Waals surface area contributed by atoms with Gasteiger partial charge in [0, 0.05) is 10.5 Å². The van der Waals surface area contributed by atoms with Crippen LogP contribution in [0.5, 0.6) is 0 Å². The third kappa shape index (κ3) is 5.79. The Morgan fingerprint density at radius 3 is 2.17 bits per heavy atom. The van der Waals surface area contributed by atoms with Gasteiger partial charge >= 0.3 is 6.18 Å². The van der Waals surface area contributed by atoms with Gasteiger partial charge in [-0.05, 0) is 73.0 Å². The molecule has 154 valence electrons. The van der Waals surface area contributed by atoms with Crippen molar-refractivity contribution < 1.29 is 22.0 Å². The Morgan fingerprint density at radius 1 is 0.900 bits per heavy atom. The minimum atomic E-state index is -4.64. The van der Waals surface area contributed by atoms with Gasteiger partial charge in [0.25, 0.3) is 0 Å². The number of rotatable bonds is 5. The summed E-state index contributed by atoms with van der Waals surface area (Å²) in [5.41, 5.74) is 0.590. The highest BCUT2D eigenvalue weighted by molar-refractivity contribution is 8.02. The fourth-order valence-corrected chi connectivity index (χ4v) is 3.18. The van der Waals surface area contributed by atoms with E-state index in [9.17, 15) is 22.0 Å². The zero-order chi connectivity index (χ0) is 21.7. The number of allylic oxidation sites excluding steroid dienone is 1. The van der Waals surface area contributed by atoms with E-state index >= 15 is 0 Å². The molecule has 0 N–H and O–H groups in total. The SMILES string of the molecule is Cc1ccc(N=C(/C=C/Sc2ccc(F)cc2)c2ccc(C(F)(F)F)cc2F)cc1. The van der Waals surface area contributed by atoms with Crippen molar-refractivity contribution in [2.45, 2.75) is 18.0 Å². The second kappa shape index (κ2) is 9.26. The van der Waals surface area contributed by atoms with Gasteiger partial charge in [0.15, 0.2) is 0 Å². The van der Waals surface area contributed by atoms with Crippen LogP contribution in [0.25, 0.3) is 0 Å². The maximum atomic E-state index is 14.5. The Bertz CT molecular complexity index is 1070. The van der Waals surface area contributed by atoms with Crippen molar-refractivity contribution in [1.29, 1.82) is 0 Å². The van der Waals surface area contributed by atoms with E-state index in [1.807, 2.05) is 19.1 Å². The normalized spacial score (nSPS) is 12.5. The predicted octanol–water partition coefficient (Wildman–Crippen LogP) is 7.72. The van der Waals surface area contributed by atoms with Crippen molar-refractivity contribution in [3.8, 4) is 0 Å². The molecule has 3 aromatic carbocycles. The number of aliphatic imine (C=N–C) groups is 1. The molecule has 1 nitrogen and oxygen atoms in total. The molecule has 30 heavy (non-hydrogen) atoms. The third-order valence-electron chi connectivity index (χ3n) is 4.10. The molecule has 0 atom stereocenters. The molecule has 0 saturated carbocycles. The van der Waals surface area contributed by atoms with Crippen LogP contribution in [0.1, 0.15) is 16.7 Å². The molecule has 0 aliphatic heterocycles. The molecule has 0 bridgehead atoms. The Morgan fingerprint density at radius 2 is 1.57 bits per heavy atom. The van der Waals surface area contributed by atoms with E-state index in [4.69, 9.17) is 0 Å². The highest BCUT2D eigenvalue weighted by atomic mass is 32.2. The van der Waals surface area contributed by atoms with Crippen LogP contribution in [0.4, 0.5) is 27.6 Å². The van der Waals surface area contributed by atoms with Gasteiger partial charge in [0.05, 0.1) is 17.0 Å². The van der Waals surface area contributed by atoms with Gasteiger partial charge in [0.2, 0.25) is 0 Å². The molecule has 0 unspecified atom stereocenters. The first-order valence-electron chi connectivity index (χ1n) is 8.83. The van der Waals surface area contributed by atoms with Crippen LogP contribution in [-0.2, 0) is 6.18 Å². The van der Waals surface area contributed by atoms with E-state index in [-0.39, 0.29) is 17.1 Å². The second-order valence-electron chi connectivity index (χ2n) is 6.40. The van der Waals surface area contributed by atoms with E-state index in [2.05, 4.69) is 4.99 Å². The fourth-order valence-electron chi connectivity index (χ4n) is 2.54. The molecular formula is C23H16F5NS. The largest absolute Gasteiger partial charge is 0.416 e. The number of alkyl halides is 3. The van der Waals surface area contributed by atoms with Gasteiger partial charge < -0.3 is 0 Å². The fraction of sp³-hybridized carbons (Fsp3) is 0.0870. The van der Waals surface area contributed by atoms with Gasteiger partial charge in [-0.3, -0.25) is 0 Å². The minimum absolute atomic E-state index is 0.0560. The topological polar surface area (TPSA) is 12.4 Å². The number of halogens is 5. The lowest BCUT2D eigenvalue weighted by atomic mass is 10.1. The lowest BCUT2D eigenvalue weighted by molar-refractivity contribution is -0.137. The predicted molar refractivity (Wildman–Crippen MR) is 110 cm³/mol. The average molecular weight is 433 g/mol. The molecule has 0 aliphatic rings. The van der Waals surface area contributed by atoms with E-state index in [1.54, 1.807) is 29.7 Å². The van der Waals surface area contributed by atoms with Gasteiger partial charge in [-0.25, -0.2) is 13.8 Å². The molecule has 0 spiro atoms. The first-order chi connectivity index (χ1) is 14.2. The highest BCUT2D eigenvalue weighted by Gasteiger charge is 2.31. The third-order valence-corrected chi connectivity index (χ3v) is 4.92. The van der Waals surface area contributed by atoms with E-state index in [0.717, 1.165) is 22.6 Å². The molecule has 3 rings (SSSR count). The molecule has 3 aromatic rings. The molecule has 0 fully saturated rings. The number of thioether (sulfide) groups is 1. The van der Waals surface area contributed by atoms with Crippen molar-refractivity contribution in [3.63, 3.8) is 0 Å². The minimum Gasteiger partial charge on any atom is -0.248 e. The number of nitrogens with zero attached hydrogens (tertiary/aromatic N) is 1. The summed E-state index contributed by atoms with van der Waals surface area (Å²) in [5, 5.41) is 1.62. The van der Waals surface area contributed by atoms with Crippen molar-refractivity contribution in [2.24, 2.45) is 4.99 Å². The Labute approximate surface area is 175 Å². The van der Waals surface area contributed by atoms with E-state index in [0.29, 0.717) is 11.8 Å². The highest BCUT2D eigenvalue weighted by Crippen LogP contribution is 2.31. The van der Waals surface area contributed by atoms with Gasteiger partial charge in [-0.1, -0.05) is 29.5 Å². The van der Waals surface area contributed by atoms with Crippen molar-refractivity contribution in [1.82, 2.24) is 0 Å². The standard InChI is InChI=1S/C23H16F5NS/c1-15-2-7-18(8-3-15)29-22(12-13-30-19-9-5-17(24)6-10-19)20-11-4-16(14-21(20)25)23(26,27)28/h2-14H,1H3/b13-12+,29-22?. The molecule has 7 heteroatoms. The number of hydrogen-bond acceptors (Lipinski definition) is 2. The van der Waals surface area contributed by atoms with Crippen LogP contribution in [0, 0.1) is 18.6 Å². The molecule has 0 aromatic heterocycles. The van der Waals surface area contributed by atoms with Crippen LogP contribution in [0.2, 0.25) is 0 Å². The quantitative estimate of drug-likeness (QED) is 0.228. The summed E-state index contributed by atoms with van der Waals surface area (Å²) in [4.78, 5) is 5.15. The smallest absolute Gasteiger partial charge is 0.248 e. The Balaban J connectivity index is 1.96. The Hall–Kier alpha value is -2.93. The van der Waals surface area contributed by atoms with Crippen LogP contribution in [-0.4, -0.2) is 5.71 Å². The van der Waals surface area contributed by atoms with E-state index < -0.39 is 17.6 Å². The zero-order valence-electron chi connectivity index (χ0n) is 15.8. The zero-order valence-corrected chi connectivity index (χ0v) is 16.6. The molecule has 0 radical (unpaired) electrons. The first kappa shape index (κ1) is 21.8. The molecule has 0 saturated heterocycles. The second-order valence-corrected chi connectivity index (χ2v) is 7.38. The maximum absolute atomic E-state index is 14.5. The van der Waals surface area contributed by atoms with Gasteiger partial charge in [-0.2, -0.15) is 13.2 Å². The number of hydrogen-bond donors (Lipinski definition) is 0. The van der Waals surface area contributed by atoms with Crippen LogP contribution >= 0.6 is 11.8 Å². The van der Waals surface area contributed by atoms with Gasteiger partial charge in [0.1, 0.15) is 11.6 Å². The summed E-state index contributed by atoms with van der Waals surface area (Å²) in [6, 6.07) is 15.3. The average Bonchev–Trinajstić information content (AvgIpc) is 2.69. The molecule has 0 aliphatic carbocycles. The summed E-state index contributed by atoms with van der Waals surface area (Å²) in [6.07, 6.45) is -3.12. The number of benzene rings is 3. The van der Waals surface area contributed by atoms with Gasteiger partial charge in [-0.15, -0.1) is 0 Å². The molecule has 0 heterocycles. The monoisotopic (exact) mass is 433 g/mol. The molecule has 0 amide bonds. The number of aryl methyl sites for hydroxylation is 1. The summed E-state index contributed by atoms with van der Waals surface area (Å²) in [7, 11) is 0. The summed E-state index contributed by atoms with van der Waals surface area (Å²) in [5.74, 6) is -1.39. The Kier molecular flexibility index (Phi) is 6.72. The molecular weight excluding hydrogens is 417 g/mol. The van der Waals surface area contributed by atoms with Crippen molar-refractivity contribution in [2.75, 3.05) is 0 Å².